The Bertz CT molecular complexity index is 620. The molecule has 1 saturated carbocycles. The highest BCUT2D eigenvalue weighted by Gasteiger charge is 2.23. The van der Waals surface area contributed by atoms with E-state index in [9.17, 15) is 8.42 Å². The number of nitrogens with two attached hydrogens (primary N) is 1. The van der Waals surface area contributed by atoms with Gasteiger partial charge >= 0.3 is 0 Å². The Morgan fingerprint density at radius 2 is 1.65 bits per heavy atom. The minimum absolute atomic E-state index is 0.0120. The maximum Gasteiger partial charge on any atom is 0.240 e. The van der Waals surface area contributed by atoms with Crippen LogP contribution in [0.3, 0.4) is 0 Å². The predicted octanol–water partition coefficient (Wildman–Crippen LogP) is 1.56. The monoisotopic (exact) mass is 338 g/mol. The van der Waals surface area contributed by atoms with Crippen LogP contribution in [0.2, 0.25) is 0 Å². The van der Waals surface area contributed by atoms with Gasteiger partial charge in [0, 0.05) is 13.1 Å². The van der Waals surface area contributed by atoms with Gasteiger partial charge in [-0.1, -0.05) is 17.7 Å². The molecule has 0 atom stereocenters. The van der Waals surface area contributed by atoms with Crippen LogP contribution in [0.15, 0.2) is 29.2 Å². The third-order valence-electron chi connectivity index (χ3n) is 4.44. The van der Waals surface area contributed by atoms with Gasteiger partial charge in [-0.05, 0) is 56.6 Å². The summed E-state index contributed by atoms with van der Waals surface area (Å²) in [7, 11) is -3.42. The molecule has 1 aliphatic rings. The van der Waals surface area contributed by atoms with E-state index in [2.05, 4.69) is 10.0 Å². The topological polar surface area (TPSA) is 108 Å². The van der Waals surface area contributed by atoms with Crippen LogP contribution in [-0.4, -0.2) is 27.5 Å². The van der Waals surface area contributed by atoms with Gasteiger partial charge in [0.25, 0.3) is 0 Å². The fourth-order valence-corrected chi connectivity index (χ4v) is 4.04. The van der Waals surface area contributed by atoms with Gasteiger partial charge in [-0.2, -0.15) is 0 Å². The smallest absolute Gasteiger partial charge is 0.240 e. The van der Waals surface area contributed by atoms with Gasteiger partial charge < -0.3 is 11.1 Å². The van der Waals surface area contributed by atoms with E-state index in [1.807, 2.05) is 19.1 Å². The molecule has 0 spiro atoms. The van der Waals surface area contributed by atoms with Crippen LogP contribution in [-0.2, 0) is 10.0 Å². The van der Waals surface area contributed by atoms with Gasteiger partial charge in [0.05, 0.1) is 4.90 Å². The highest BCUT2D eigenvalue weighted by atomic mass is 32.2. The van der Waals surface area contributed by atoms with E-state index in [1.54, 1.807) is 12.1 Å². The summed E-state index contributed by atoms with van der Waals surface area (Å²) in [5.74, 6) is 0.908. The minimum atomic E-state index is -3.42. The number of rotatable bonds is 6. The van der Waals surface area contributed by atoms with Crippen molar-refractivity contribution in [3.63, 3.8) is 0 Å². The molecule has 7 heteroatoms. The number of nitrogens with one attached hydrogen (secondary N) is 3. The Morgan fingerprint density at radius 3 is 2.17 bits per heavy atom. The van der Waals surface area contributed by atoms with E-state index in [-0.39, 0.29) is 5.96 Å². The summed E-state index contributed by atoms with van der Waals surface area (Å²) in [5.41, 5.74) is 6.34. The van der Waals surface area contributed by atoms with Gasteiger partial charge in [0.15, 0.2) is 5.96 Å². The molecule has 1 fully saturated rings. The lowest BCUT2D eigenvalue weighted by atomic mass is 9.82. The molecule has 128 valence electrons. The van der Waals surface area contributed by atoms with E-state index in [0.717, 1.165) is 37.8 Å². The molecule has 5 N–H and O–H groups in total. The van der Waals surface area contributed by atoms with Gasteiger partial charge in [-0.3, -0.25) is 5.41 Å². The van der Waals surface area contributed by atoms with Crippen molar-refractivity contribution in [2.75, 3.05) is 13.1 Å². The maximum atomic E-state index is 12.3. The zero-order chi connectivity index (χ0) is 16.9. The standard InChI is InChI=1S/C16H26N4O2S/c1-12-2-8-15(9-3-12)23(21,22)20-11-14-6-4-13(5-7-14)10-19-16(17)18/h2-3,8-9,13-14,20H,4-7,10-11H2,1H3,(H4,17,18,19)/t13-,14-. The van der Waals surface area contributed by atoms with Gasteiger partial charge in [-0.15, -0.1) is 0 Å². The predicted molar refractivity (Wildman–Crippen MR) is 91.7 cm³/mol. The van der Waals surface area contributed by atoms with E-state index in [4.69, 9.17) is 11.1 Å². The van der Waals surface area contributed by atoms with E-state index in [1.165, 1.54) is 0 Å². The van der Waals surface area contributed by atoms with Crippen molar-refractivity contribution < 1.29 is 8.42 Å². The first-order valence-corrected chi connectivity index (χ1v) is 9.49. The summed E-state index contributed by atoms with van der Waals surface area (Å²) in [6.07, 6.45) is 4.08. The molecule has 23 heavy (non-hydrogen) atoms. The van der Waals surface area contributed by atoms with Crippen molar-refractivity contribution in [2.45, 2.75) is 37.5 Å². The second kappa shape index (κ2) is 7.79. The lowest BCUT2D eigenvalue weighted by Gasteiger charge is -2.28. The lowest BCUT2D eigenvalue weighted by molar-refractivity contribution is 0.275. The van der Waals surface area contributed by atoms with Crippen LogP contribution >= 0.6 is 0 Å². The average Bonchev–Trinajstić information content (AvgIpc) is 2.52. The Hall–Kier alpha value is -1.60. The van der Waals surface area contributed by atoms with Crippen LogP contribution in [0.25, 0.3) is 0 Å². The Labute approximate surface area is 138 Å². The SMILES string of the molecule is Cc1ccc(S(=O)(=O)NC[C@H]2CC[C@H](CNC(=N)N)CC2)cc1. The highest BCUT2D eigenvalue weighted by molar-refractivity contribution is 7.89. The minimum Gasteiger partial charge on any atom is -0.370 e. The molecule has 1 aromatic carbocycles. The van der Waals surface area contributed by atoms with Crippen LogP contribution < -0.4 is 15.8 Å². The lowest BCUT2D eigenvalue weighted by Crippen LogP contribution is -2.37. The molecular formula is C16H26N4O2S. The molecule has 1 aliphatic carbocycles. The number of sulfonamides is 1. The van der Waals surface area contributed by atoms with Crippen LogP contribution in [0.4, 0.5) is 0 Å². The second-order valence-corrected chi connectivity index (χ2v) is 8.11. The fraction of sp³-hybridized carbons (Fsp3) is 0.562. The Kier molecular flexibility index (Phi) is 6.01. The fourth-order valence-electron chi connectivity index (χ4n) is 2.92. The van der Waals surface area contributed by atoms with Gasteiger partial charge in [0.1, 0.15) is 0 Å². The third-order valence-corrected chi connectivity index (χ3v) is 5.88. The summed E-state index contributed by atoms with van der Waals surface area (Å²) in [6.45, 7) is 3.16. The molecule has 0 radical (unpaired) electrons. The largest absolute Gasteiger partial charge is 0.370 e. The zero-order valence-electron chi connectivity index (χ0n) is 13.5. The third kappa shape index (κ3) is 5.51. The molecule has 2 rings (SSSR count). The van der Waals surface area contributed by atoms with E-state index >= 15 is 0 Å². The van der Waals surface area contributed by atoms with Crippen molar-refractivity contribution in [3.8, 4) is 0 Å². The molecule has 0 aliphatic heterocycles. The first kappa shape index (κ1) is 17.7. The normalized spacial score (nSPS) is 21.8. The van der Waals surface area contributed by atoms with Crippen molar-refractivity contribution in [1.82, 2.24) is 10.0 Å². The van der Waals surface area contributed by atoms with Gasteiger partial charge in [-0.25, -0.2) is 13.1 Å². The highest BCUT2D eigenvalue weighted by Crippen LogP contribution is 2.28. The second-order valence-electron chi connectivity index (χ2n) is 6.35. The number of guanidine groups is 1. The molecular weight excluding hydrogens is 312 g/mol. The summed E-state index contributed by atoms with van der Waals surface area (Å²) in [4.78, 5) is 0.322. The molecule has 0 bridgehead atoms. The summed E-state index contributed by atoms with van der Waals surface area (Å²) >= 11 is 0. The van der Waals surface area contributed by atoms with E-state index in [0.29, 0.717) is 23.3 Å². The molecule has 0 aromatic heterocycles. The van der Waals surface area contributed by atoms with Gasteiger partial charge in [0.2, 0.25) is 10.0 Å². The number of hydrogen-bond donors (Lipinski definition) is 4. The molecule has 1 aromatic rings. The van der Waals surface area contributed by atoms with Crippen molar-refractivity contribution in [3.05, 3.63) is 29.8 Å². The van der Waals surface area contributed by atoms with Crippen molar-refractivity contribution in [1.29, 1.82) is 5.41 Å². The van der Waals surface area contributed by atoms with E-state index < -0.39 is 10.0 Å². The molecule has 0 unspecified atom stereocenters. The number of benzene rings is 1. The average molecular weight is 338 g/mol. The number of hydrogen-bond acceptors (Lipinski definition) is 3. The summed E-state index contributed by atoms with van der Waals surface area (Å²) < 4.78 is 27.3. The zero-order valence-corrected chi connectivity index (χ0v) is 14.3. The van der Waals surface area contributed by atoms with Crippen LogP contribution in [0.5, 0.6) is 0 Å². The summed E-state index contributed by atoms with van der Waals surface area (Å²) in [6, 6.07) is 6.90. The quantitative estimate of drug-likeness (QED) is 0.466. The number of aryl methyl sites for hydroxylation is 1. The molecule has 0 heterocycles. The molecule has 6 nitrogen and oxygen atoms in total. The first-order chi connectivity index (χ1) is 10.9. The van der Waals surface area contributed by atoms with Crippen molar-refractivity contribution in [2.24, 2.45) is 17.6 Å². The summed E-state index contributed by atoms with van der Waals surface area (Å²) in [5, 5.41) is 10.0. The Morgan fingerprint density at radius 1 is 1.13 bits per heavy atom. The maximum absolute atomic E-state index is 12.3. The van der Waals surface area contributed by atoms with Crippen LogP contribution in [0, 0.1) is 24.2 Å². The Balaban J connectivity index is 1.78. The first-order valence-electron chi connectivity index (χ1n) is 8.01. The van der Waals surface area contributed by atoms with Crippen LogP contribution in [0.1, 0.15) is 31.2 Å². The molecule has 0 saturated heterocycles. The van der Waals surface area contributed by atoms with Crippen molar-refractivity contribution >= 4 is 16.0 Å². The molecule has 0 amide bonds.